The lowest BCUT2D eigenvalue weighted by Crippen LogP contribution is -2.08. The molecule has 31 heavy (non-hydrogen) atoms. The van der Waals surface area contributed by atoms with E-state index in [0.29, 0.717) is 0 Å². The monoisotopic (exact) mass is 406 g/mol. The van der Waals surface area contributed by atoms with Crippen molar-refractivity contribution in [1.29, 1.82) is 0 Å². The van der Waals surface area contributed by atoms with Crippen LogP contribution in [0, 0.1) is 0 Å². The molecule has 0 saturated heterocycles. The maximum absolute atomic E-state index is 4.61. The molecule has 2 N–H and O–H groups in total. The maximum atomic E-state index is 4.61. The van der Waals surface area contributed by atoms with Gasteiger partial charge < -0.3 is 9.88 Å². The summed E-state index contributed by atoms with van der Waals surface area (Å²) in [5.74, 6) is 0. The van der Waals surface area contributed by atoms with Gasteiger partial charge in [-0.05, 0) is 55.6 Å². The van der Waals surface area contributed by atoms with E-state index in [1.165, 1.54) is 0 Å². The normalized spacial score (nSPS) is 11.9. The number of hydrogen-bond acceptors (Lipinski definition) is 4. The number of rotatable bonds is 5. The van der Waals surface area contributed by atoms with Crippen molar-refractivity contribution in [3.8, 4) is 22.5 Å². The molecule has 6 nitrogen and oxygen atoms in total. The Morgan fingerprint density at radius 2 is 1.94 bits per heavy atom. The topological polar surface area (TPSA) is 73.0 Å². The molecule has 0 aliphatic rings. The van der Waals surface area contributed by atoms with Gasteiger partial charge in [-0.1, -0.05) is 18.2 Å². The predicted octanol–water partition coefficient (Wildman–Crippen LogP) is 5.77. The summed E-state index contributed by atoms with van der Waals surface area (Å²) in [6, 6.07) is 18.7. The number of anilines is 1. The van der Waals surface area contributed by atoms with Crippen molar-refractivity contribution in [2.45, 2.75) is 6.92 Å². The van der Waals surface area contributed by atoms with Gasteiger partial charge in [-0.2, -0.15) is 5.10 Å². The van der Waals surface area contributed by atoms with Crippen LogP contribution in [0.1, 0.15) is 6.92 Å². The number of aromatic amines is 2. The number of benzene rings is 2. The molecule has 0 radical (unpaired) electrons. The van der Waals surface area contributed by atoms with Gasteiger partial charge in [0.15, 0.2) is 0 Å². The first-order valence-corrected chi connectivity index (χ1v) is 10.0. The first-order chi connectivity index (χ1) is 15.1. The van der Waals surface area contributed by atoms with Crippen molar-refractivity contribution in [3.05, 3.63) is 78.9 Å². The number of aromatic nitrogens is 4. The van der Waals surface area contributed by atoms with Crippen LogP contribution in [-0.4, -0.2) is 33.9 Å². The van der Waals surface area contributed by atoms with Crippen molar-refractivity contribution in [2.24, 2.45) is 4.99 Å². The SMILES string of the molecule is C=N/C(C)=C\N(C)c1cccc2[nH]c(-c3n[nH]c4ccc(-c5cccnc5)cc34)cc12. The number of fused-ring (bicyclic) bond motifs is 2. The highest BCUT2D eigenvalue weighted by Gasteiger charge is 2.14. The Morgan fingerprint density at radius 1 is 1.03 bits per heavy atom. The quantitative estimate of drug-likeness (QED) is 0.364. The minimum atomic E-state index is 0.858. The Morgan fingerprint density at radius 3 is 2.74 bits per heavy atom. The van der Waals surface area contributed by atoms with Gasteiger partial charge in [0.25, 0.3) is 0 Å². The lowest BCUT2D eigenvalue weighted by molar-refractivity contribution is 1.12. The average Bonchev–Trinajstić information content (AvgIpc) is 3.42. The zero-order valence-electron chi connectivity index (χ0n) is 17.4. The van der Waals surface area contributed by atoms with Gasteiger partial charge in [0.05, 0.1) is 16.9 Å². The van der Waals surface area contributed by atoms with Crippen LogP contribution in [0.3, 0.4) is 0 Å². The van der Waals surface area contributed by atoms with E-state index in [-0.39, 0.29) is 0 Å². The minimum absolute atomic E-state index is 0.858. The molecular formula is C25H22N6. The molecule has 5 aromatic rings. The van der Waals surface area contributed by atoms with Crippen LogP contribution in [0.4, 0.5) is 5.69 Å². The molecule has 5 rings (SSSR count). The molecule has 0 atom stereocenters. The molecule has 6 heteroatoms. The summed E-state index contributed by atoms with van der Waals surface area (Å²) >= 11 is 0. The van der Waals surface area contributed by atoms with Crippen LogP contribution in [0.5, 0.6) is 0 Å². The van der Waals surface area contributed by atoms with Crippen LogP contribution in [0.25, 0.3) is 44.3 Å². The second-order valence-corrected chi connectivity index (χ2v) is 7.54. The van der Waals surface area contributed by atoms with Gasteiger partial charge >= 0.3 is 0 Å². The van der Waals surface area contributed by atoms with Crippen molar-refractivity contribution >= 4 is 34.2 Å². The molecule has 0 spiro atoms. The third-order valence-electron chi connectivity index (χ3n) is 5.46. The van der Waals surface area contributed by atoms with Gasteiger partial charge in [-0.3, -0.25) is 15.1 Å². The van der Waals surface area contributed by atoms with E-state index in [1.54, 1.807) is 6.20 Å². The first kappa shape index (κ1) is 18.8. The smallest absolute Gasteiger partial charge is 0.116 e. The highest BCUT2D eigenvalue weighted by atomic mass is 15.1. The Balaban J connectivity index is 1.63. The van der Waals surface area contributed by atoms with Crippen LogP contribution >= 0.6 is 0 Å². The van der Waals surface area contributed by atoms with Crippen LogP contribution < -0.4 is 4.90 Å². The second-order valence-electron chi connectivity index (χ2n) is 7.54. The number of aliphatic imine (C=N–C) groups is 1. The summed E-state index contributed by atoms with van der Waals surface area (Å²) in [6.45, 7) is 5.53. The fourth-order valence-corrected chi connectivity index (χ4v) is 3.90. The Hall–Kier alpha value is -4.19. The Labute approximate surface area is 180 Å². The molecule has 152 valence electrons. The summed E-state index contributed by atoms with van der Waals surface area (Å²) in [5.41, 5.74) is 8.03. The zero-order valence-corrected chi connectivity index (χ0v) is 17.4. The van der Waals surface area contributed by atoms with Crippen molar-refractivity contribution in [2.75, 3.05) is 11.9 Å². The molecule has 0 amide bonds. The van der Waals surface area contributed by atoms with E-state index in [1.807, 2.05) is 38.5 Å². The van der Waals surface area contributed by atoms with E-state index >= 15 is 0 Å². The fraction of sp³-hybridized carbons (Fsp3) is 0.0800. The third-order valence-corrected chi connectivity index (χ3v) is 5.46. The summed E-state index contributed by atoms with van der Waals surface area (Å²) < 4.78 is 0. The summed E-state index contributed by atoms with van der Waals surface area (Å²) in [5, 5.41) is 9.95. The maximum Gasteiger partial charge on any atom is 0.116 e. The standard InChI is InChI=1S/C25H22N6/c1-16(26-2)15-31(3)24-8-4-7-21-19(24)13-23(28-21)25-20-12-17(9-10-22(20)29-30-25)18-6-5-11-27-14-18/h4-15,28H,2H2,1,3H3,(H,29,30)/b16-15-. The Bertz CT molecular complexity index is 1420. The third kappa shape index (κ3) is 3.38. The number of nitrogens with one attached hydrogen (secondary N) is 2. The van der Waals surface area contributed by atoms with Gasteiger partial charge in [0.1, 0.15) is 5.69 Å². The van der Waals surface area contributed by atoms with E-state index < -0.39 is 0 Å². The highest BCUT2D eigenvalue weighted by Crippen LogP contribution is 2.34. The summed E-state index contributed by atoms with van der Waals surface area (Å²) in [4.78, 5) is 13.8. The number of hydrogen-bond donors (Lipinski definition) is 2. The number of allylic oxidation sites excluding steroid dienone is 1. The number of nitrogens with zero attached hydrogens (tertiary/aromatic N) is 4. The molecule has 2 aromatic carbocycles. The average molecular weight is 406 g/mol. The predicted molar refractivity (Wildman–Crippen MR) is 128 cm³/mol. The van der Waals surface area contributed by atoms with Crippen LogP contribution in [-0.2, 0) is 0 Å². The van der Waals surface area contributed by atoms with Crippen LogP contribution in [0.15, 0.2) is 83.9 Å². The van der Waals surface area contributed by atoms with Gasteiger partial charge in [-0.25, -0.2) is 0 Å². The lowest BCUT2D eigenvalue weighted by atomic mass is 10.0. The van der Waals surface area contributed by atoms with Gasteiger partial charge in [0.2, 0.25) is 0 Å². The van der Waals surface area contributed by atoms with E-state index in [0.717, 1.165) is 55.7 Å². The van der Waals surface area contributed by atoms with E-state index in [9.17, 15) is 0 Å². The lowest BCUT2D eigenvalue weighted by Gasteiger charge is -2.15. The largest absolute Gasteiger partial charge is 0.353 e. The van der Waals surface area contributed by atoms with Crippen molar-refractivity contribution in [3.63, 3.8) is 0 Å². The van der Waals surface area contributed by atoms with E-state index in [2.05, 4.69) is 79.2 Å². The Kier molecular flexibility index (Phi) is 4.59. The second kappa shape index (κ2) is 7.57. The molecule has 3 aromatic heterocycles. The zero-order chi connectivity index (χ0) is 21.4. The fourth-order valence-electron chi connectivity index (χ4n) is 3.90. The van der Waals surface area contributed by atoms with E-state index in [4.69, 9.17) is 0 Å². The summed E-state index contributed by atoms with van der Waals surface area (Å²) in [6.07, 6.45) is 5.63. The van der Waals surface area contributed by atoms with Crippen LogP contribution in [0.2, 0.25) is 0 Å². The van der Waals surface area contributed by atoms with Gasteiger partial charge in [0, 0.05) is 53.2 Å². The first-order valence-electron chi connectivity index (χ1n) is 10.0. The summed E-state index contributed by atoms with van der Waals surface area (Å²) in [7, 11) is 2.01. The molecule has 0 aliphatic carbocycles. The molecule has 3 heterocycles. The minimum Gasteiger partial charge on any atom is -0.353 e. The molecule has 0 bridgehead atoms. The highest BCUT2D eigenvalue weighted by molar-refractivity contribution is 6.01. The molecular weight excluding hydrogens is 384 g/mol. The molecule has 0 saturated carbocycles. The van der Waals surface area contributed by atoms with Gasteiger partial charge in [-0.15, -0.1) is 0 Å². The van der Waals surface area contributed by atoms with Crippen molar-refractivity contribution < 1.29 is 0 Å². The molecule has 0 fully saturated rings. The van der Waals surface area contributed by atoms with Crippen molar-refractivity contribution in [1.82, 2.24) is 20.2 Å². The molecule has 0 aliphatic heterocycles. The number of H-pyrrole nitrogens is 2. The molecule has 0 unspecified atom stereocenters. The number of pyridine rings is 1.